The van der Waals surface area contributed by atoms with E-state index in [4.69, 9.17) is 17.3 Å². The van der Waals surface area contributed by atoms with E-state index in [-0.39, 0.29) is 35.7 Å². The van der Waals surface area contributed by atoms with Crippen LogP contribution in [-0.4, -0.2) is 56.0 Å². The number of nitrogens with two attached hydrogens (primary N) is 1. The van der Waals surface area contributed by atoms with Crippen molar-refractivity contribution in [1.82, 2.24) is 10.2 Å². The van der Waals surface area contributed by atoms with Gasteiger partial charge in [0.25, 0.3) is 5.91 Å². The summed E-state index contributed by atoms with van der Waals surface area (Å²) in [6.07, 6.45) is 0. The lowest BCUT2D eigenvalue weighted by atomic mass is 10.2. The van der Waals surface area contributed by atoms with Gasteiger partial charge in [0.05, 0.1) is 6.54 Å². The molecule has 9 heteroatoms. The number of piperazine rings is 1. The van der Waals surface area contributed by atoms with Crippen LogP contribution in [0.4, 0.5) is 10.1 Å². The quantitative estimate of drug-likeness (QED) is 0.269. The summed E-state index contributed by atoms with van der Waals surface area (Å²) < 4.78 is 13.0. The van der Waals surface area contributed by atoms with E-state index in [0.717, 1.165) is 31.9 Å². The average molecular weight is 532 g/mol. The van der Waals surface area contributed by atoms with Crippen LogP contribution in [-0.2, 0) is 0 Å². The topological polar surface area (TPSA) is 74.0 Å². The van der Waals surface area contributed by atoms with Crippen molar-refractivity contribution in [2.75, 3.05) is 44.2 Å². The maximum Gasteiger partial charge on any atom is 0.251 e. The Hall–Kier alpha value is -2.07. The molecule has 0 aliphatic carbocycles. The number of amides is 1. The molecular weight excluding hydrogens is 508 g/mol. The smallest absolute Gasteiger partial charge is 0.251 e. The molecule has 6 nitrogen and oxygen atoms in total. The minimum absolute atomic E-state index is 0. The van der Waals surface area contributed by atoms with E-state index in [0.29, 0.717) is 29.6 Å². The molecule has 0 saturated carbocycles. The number of hydrogen-bond acceptors (Lipinski definition) is 3. The SMILES string of the molecule is I.NC(=NCCNC(=O)c1ccc(Cl)cc1)N1CCN(c2ccc(F)cc2)CC1. The number of halogens is 3. The van der Waals surface area contributed by atoms with E-state index >= 15 is 0 Å². The second kappa shape index (κ2) is 11.2. The Morgan fingerprint density at radius 1 is 1.07 bits per heavy atom. The predicted molar refractivity (Wildman–Crippen MR) is 126 cm³/mol. The van der Waals surface area contributed by atoms with Gasteiger partial charge in [0.15, 0.2) is 5.96 Å². The molecule has 1 saturated heterocycles. The largest absolute Gasteiger partial charge is 0.370 e. The number of benzene rings is 2. The highest BCUT2D eigenvalue weighted by Gasteiger charge is 2.18. The highest BCUT2D eigenvalue weighted by molar-refractivity contribution is 14.0. The summed E-state index contributed by atoms with van der Waals surface area (Å²) in [5.41, 5.74) is 7.63. The number of nitrogens with zero attached hydrogens (tertiary/aromatic N) is 3. The molecule has 0 unspecified atom stereocenters. The molecule has 2 aromatic carbocycles. The van der Waals surface area contributed by atoms with Gasteiger partial charge < -0.3 is 20.9 Å². The van der Waals surface area contributed by atoms with Crippen LogP contribution in [0, 0.1) is 5.82 Å². The first-order chi connectivity index (χ1) is 13.5. The second-order valence-electron chi connectivity index (χ2n) is 6.45. The Morgan fingerprint density at radius 2 is 1.69 bits per heavy atom. The van der Waals surface area contributed by atoms with Gasteiger partial charge in [0.2, 0.25) is 0 Å². The molecule has 0 radical (unpaired) electrons. The third kappa shape index (κ3) is 6.74. The van der Waals surface area contributed by atoms with Crippen molar-refractivity contribution in [1.29, 1.82) is 0 Å². The fourth-order valence-corrected chi connectivity index (χ4v) is 3.11. The van der Waals surface area contributed by atoms with Crippen LogP contribution in [0.2, 0.25) is 5.02 Å². The molecule has 0 atom stereocenters. The molecule has 0 bridgehead atoms. The zero-order valence-corrected chi connectivity index (χ0v) is 18.9. The summed E-state index contributed by atoms with van der Waals surface area (Å²) in [5, 5.41) is 3.40. The number of guanidine groups is 1. The van der Waals surface area contributed by atoms with Gasteiger partial charge in [0.1, 0.15) is 5.82 Å². The van der Waals surface area contributed by atoms with E-state index < -0.39 is 0 Å². The normalized spacial score (nSPS) is 14.3. The number of rotatable bonds is 5. The molecule has 2 aromatic rings. The van der Waals surface area contributed by atoms with Crippen LogP contribution < -0.4 is 16.0 Å². The van der Waals surface area contributed by atoms with Crippen molar-refractivity contribution >= 4 is 53.1 Å². The lowest BCUT2D eigenvalue weighted by Gasteiger charge is -2.36. The molecule has 0 spiro atoms. The van der Waals surface area contributed by atoms with Gasteiger partial charge in [-0.05, 0) is 48.5 Å². The summed E-state index contributed by atoms with van der Waals surface area (Å²) >= 11 is 5.82. The van der Waals surface area contributed by atoms with Crippen LogP contribution in [0.1, 0.15) is 10.4 Å². The van der Waals surface area contributed by atoms with E-state index in [1.807, 2.05) is 4.90 Å². The summed E-state index contributed by atoms with van der Waals surface area (Å²) in [6.45, 7) is 3.86. The van der Waals surface area contributed by atoms with Crippen molar-refractivity contribution in [2.24, 2.45) is 10.7 Å². The Bertz CT molecular complexity index is 824. The Balaban J connectivity index is 0.00000300. The fourth-order valence-electron chi connectivity index (χ4n) is 2.99. The highest BCUT2D eigenvalue weighted by Crippen LogP contribution is 2.16. The molecule has 3 N–H and O–H groups in total. The predicted octanol–water partition coefficient (Wildman–Crippen LogP) is 2.96. The van der Waals surface area contributed by atoms with Crippen LogP contribution in [0.5, 0.6) is 0 Å². The van der Waals surface area contributed by atoms with Crippen LogP contribution >= 0.6 is 35.6 Å². The van der Waals surface area contributed by atoms with Crippen LogP contribution in [0.15, 0.2) is 53.5 Å². The van der Waals surface area contributed by atoms with Crippen molar-refractivity contribution in [3.05, 3.63) is 64.9 Å². The summed E-state index contributed by atoms with van der Waals surface area (Å²) in [6, 6.07) is 13.2. The number of carbonyl (C=O) groups excluding carboxylic acids is 1. The second-order valence-corrected chi connectivity index (χ2v) is 6.89. The monoisotopic (exact) mass is 531 g/mol. The van der Waals surface area contributed by atoms with Crippen molar-refractivity contribution in [3.8, 4) is 0 Å². The van der Waals surface area contributed by atoms with Gasteiger partial charge in [-0.1, -0.05) is 11.6 Å². The lowest BCUT2D eigenvalue weighted by molar-refractivity contribution is 0.0955. The average Bonchev–Trinajstić information content (AvgIpc) is 2.72. The minimum Gasteiger partial charge on any atom is -0.370 e. The van der Waals surface area contributed by atoms with Gasteiger partial charge in [0, 0.05) is 49.0 Å². The van der Waals surface area contributed by atoms with Crippen LogP contribution in [0.3, 0.4) is 0 Å². The zero-order chi connectivity index (χ0) is 19.9. The Morgan fingerprint density at radius 3 is 2.31 bits per heavy atom. The van der Waals surface area contributed by atoms with Crippen LogP contribution in [0.25, 0.3) is 0 Å². The van der Waals surface area contributed by atoms with Crippen molar-refractivity contribution in [2.45, 2.75) is 0 Å². The third-order valence-corrected chi connectivity index (χ3v) is 4.82. The Labute approximate surface area is 191 Å². The molecule has 0 aromatic heterocycles. The molecule has 156 valence electrons. The van der Waals surface area contributed by atoms with Crippen molar-refractivity contribution in [3.63, 3.8) is 0 Å². The fraction of sp³-hybridized carbons (Fsp3) is 0.300. The number of hydrogen-bond donors (Lipinski definition) is 2. The standard InChI is InChI=1S/C20H23ClFN5O.HI/c21-16-3-1-15(2-4-16)19(28)24-9-10-25-20(23)27-13-11-26(12-14-27)18-7-5-17(22)6-8-18;/h1-8H,9-14H2,(H2,23,25)(H,24,28);1H. The molecule has 29 heavy (non-hydrogen) atoms. The highest BCUT2D eigenvalue weighted by atomic mass is 127. The number of aliphatic imine (C=N–C) groups is 1. The first-order valence-electron chi connectivity index (χ1n) is 9.12. The molecule has 1 aliphatic rings. The lowest BCUT2D eigenvalue weighted by Crippen LogP contribution is -2.51. The van der Waals surface area contributed by atoms with Gasteiger partial charge in [-0.25, -0.2) is 4.39 Å². The summed E-state index contributed by atoms with van der Waals surface area (Å²) in [4.78, 5) is 20.6. The first-order valence-corrected chi connectivity index (χ1v) is 9.50. The number of nitrogens with one attached hydrogen (secondary N) is 1. The molecule has 3 rings (SSSR count). The maximum atomic E-state index is 13.0. The molecule has 1 amide bonds. The van der Waals surface area contributed by atoms with E-state index in [9.17, 15) is 9.18 Å². The zero-order valence-electron chi connectivity index (χ0n) is 15.9. The van der Waals surface area contributed by atoms with E-state index in [2.05, 4.69) is 15.2 Å². The van der Waals surface area contributed by atoms with Gasteiger partial charge in [-0.2, -0.15) is 0 Å². The van der Waals surface area contributed by atoms with Crippen molar-refractivity contribution < 1.29 is 9.18 Å². The summed E-state index contributed by atoms with van der Waals surface area (Å²) in [7, 11) is 0. The maximum absolute atomic E-state index is 13.0. The molecule has 1 heterocycles. The number of anilines is 1. The van der Waals surface area contributed by atoms with E-state index in [1.165, 1.54) is 12.1 Å². The van der Waals surface area contributed by atoms with Gasteiger partial charge in [-0.3, -0.25) is 9.79 Å². The third-order valence-electron chi connectivity index (χ3n) is 4.57. The van der Waals surface area contributed by atoms with Gasteiger partial charge >= 0.3 is 0 Å². The minimum atomic E-state index is -0.234. The van der Waals surface area contributed by atoms with E-state index in [1.54, 1.807) is 36.4 Å². The molecule has 1 fully saturated rings. The first kappa shape index (κ1) is 23.2. The Kier molecular flexibility index (Phi) is 8.97. The summed E-state index contributed by atoms with van der Waals surface area (Å²) in [5.74, 6) is 0.0692. The molecule has 1 aliphatic heterocycles. The van der Waals surface area contributed by atoms with Gasteiger partial charge in [-0.15, -0.1) is 24.0 Å². The molecular formula is C20H24ClFIN5O. The number of carbonyl (C=O) groups is 1.